The lowest BCUT2D eigenvalue weighted by Gasteiger charge is -2.24. The molecule has 4 heteroatoms. The van der Waals surface area contributed by atoms with E-state index >= 15 is 0 Å². The second kappa shape index (κ2) is 6.53. The third-order valence-corrected chi connectivity index (χ3v) is 3.99. The van der Waals surface area contributed by atoms with Crippen LogP contribution in [0.2, 0.25) is 0 Å². The normalized spacial score (nSPS) is 18.2. The van der Waals surface area contributed by atoms with Gasteiger partial charge in [0.15, 0.2) is 0 Å². The molecule has 20 heavy (non-hydrogen) atoms. The van der Waals surface area contributed by atoms with Crippen molar-refractivity contribution in [1.82, 2.24) is 5.32 Å². The maximum atomic E-state index is 12.3. The summed E-state index contributed by atoms with van der Waals surface area (Å²) in [5.41, 5.74) is 0.175. The van der Waals surface area contributed by atoms with Crippen LogP contribution in [0.5, 0.6) is 0 Å². The number of rotatable bonds is 5. The maximum absolute atomic E-state index is 12.3. The van der Waals surface area contributed by atoms with Gasteiger partial charge in [0.25, 0.3) is 0 Å². The van der Waals surface area contributed by atoms with Crippen LogP contribution in [0.1, 0.15) is 31.2 Å². The van der Waals surface area contributed by atoms with Crippen LogP contribution in [-0.2, 0) is 11.2 Å². The van der Waals surface area contributed by atoms with Gasteiger partial charge in [0.2, 0.25) is 5.91 Å². The molecule has 1 aliphatic carbocycles. The van der Waals surface area contributed by atoms with Crippen molar-refractivity contribution in [1.29, 1.82) is 5.26 Å². The van der Waals surface area contributed by atoms with Gasteiger partial charge in [-0.15, -0.1) is 0 Å². The van der Waals surface area contributed by atoms with Crippen LogP contribution in [0, 0.1) is 16.7 Å². The Morgan fingerprint density at radius 2 is 2.00 bits per heavy atom. The van der Waals surface area contributed by atoms with E-state index in [0.717, 1.165) is 18.4 Å². The summed E-state index contributed by atoms with van der Waals surface area (Å²) in [6.45, 7) is -0.123. The van der Waals surface area contributed by atoms with Gasteiger partial charge in [-0.3, -0.25) is 4.79 Å². The number of amides is 1. The topological polar surface area (TPSA) is 73.1 Å². The van der Waals surface area contributed by atoms with Crippen molar-refractivity contribution in [2.75, 3.05) is 6.61 Å². The smallest absolute Gasteiger partial charge is 0.240 e. The van der Waals surface area contributed by atoms with Crippen LogP contribution < -0.4 is 5.32 Å². The van der Waals surface area contributed by atoms with E-state index in [1.165, 1.54) is 0 Å². The molecule has 0 aromatic heterocycles. The van der Waals surface area contributed by atoms with Crippen molar-refractivity contribution in [3.05, 3.63) is 35.9 Å². The lowest BCUT2D eigenvalue weighted by Crippen LogP contribution is -2.46. The minimum atomic E-state index is -0.885. The molecular formula is C16H20N2O2. The average Bonchev–Trinajstić information content (AvgIpc) is 2.97. The molecule has 0 heterocycles. The number of carbonyl (C=O) groups is 1. The van der Waals surface area contributed by atoms with Gasteiger partial charge in [-0.1, -0.05) is 43.2 Å². The number of hydrogen-bond donors (Lipinski definition) is 2. The predicted molar refractivity (Wildman–Crippen MR) is 75.7 cm³/mol. The van der Waals surface area contributed by atoms with E-state index in [1.807, 2.05) is 30.3 Å². The monoisotopic (exact) mass is 272 g/mol. The molecule has 0 spiro atoms. The number of hydrogen-bond acceptors (Lipinski definition) is 3. The first-order chi connectivity index (χ1) is 9.70. The van der Waals surface area contributed by atoms with E-state index in [4.69, 9.17) is 0 Å². The molecule has 1 unspecified atom stereocenters. The lowest BCUT2D eigenvalue weighted by atomic mass is 9.86. The Labute approximate surface area is 119 Å². The van der Waals surface area contributed by atoms with Gasteiger partial charge in [-0.25, -0.2) is 0 Å². The zero-order chi connectivity index (χ0) is 14.4. The van der Waals surface area contributed by atoms with E-state index in [2.05, 4.69) is 11.4 Å². The van der Waals surface area contributed by atoms with Crippen LogP contribution >= 0.6 is 0 Å². The van der Waals surface area contributed by atoms with Crippen LogP contribution in [0.3, 0.4) is 0 Å². The quantitative estimate of drug-likeness (QED) is 0.858. The Kier molecular flexibility index (Phi) is 4.75. The van der Waals surface area contributed by atoms with Crippen molar-refractivity contribution in [3.8, 4) is 6.07 Å². The molecule has 1 saturated carbocycles. The van der Waals surface area contributed by atoms with E-state index in [0.29, 0.717) is 19.3 Å². The number of aliphatic hydroxyl groups excluding tert-OH is 1. The standard InChI is InChI=1S/C16H20N2O2/c17-12-16(8-4-5-9-16)15(20)18-14(11-19)10-13-6-2-1-3-7-13/h1-3,6-7,14,19H,4-5,8-11H2,(H,18,20). The molecule has 1 atom stereocenters. The Balaban J connectivity index is 1.99. The highest BCUT2D eigenvalue weighted by atomic mass is 16.3. The first-order valence-electron chi connectivity index (χ1n) is 7.07. The first kappa shape index (κ1) is 14.5. The predicted octanol–water partition coefficient (Wildman–Crippen LogP) is 1.79. The van der Waals surface area contributed by atoms with Crippen LogP contribution in [-0.4, -0.2) is 23.7 Å². The fourth-order valence-corrected chi connectivity index (χ4v) is 2.75. The Hall–Kier alpha value is -1.86. The van der Waals surface area contributed by atoms with E-state index in [9.17, 15) is 15.2 Å². The van der Waals surface area contributed by atoms with Gasteiger partial charge in [-0.2, -0.15) is 5.26 Å². The molecule has 1 fully saturated rings. The highest BCUT2D eigenvalue weighted by molar-refractivity contribution is 5.86. The Bertz CT molecular complexity index is 487. The van der Waals surface area contributed by atoms with Gasteiger partial charge < -0.3 is 10.4 Å². The average molecular weight is 272 g/mol. The molecule has 0 radical (unpaired) electrons. The summed E-state index contributed by atoms with van der Waals surface area (Å²) < 4.78 is 0. The maximum Gasteiger partial charge on any atom is 0.240 e. The third-order valence-electron chi connectivity index (χ3n) is 3.99. The largest absolute Gasteiger partial charge is 0.394 e. The molecule has 106 valence electrons. The molecule has 1 aromatic rings. The second-order valence-electron chi connectivity index (χ2n) is 5.44. The van der Waals surface area contributed by atoms with Crippen LogP contribution in [0.25, 0.3) is 0 Å². The van der Waals surface area contributed by atoms with E-state index in [-0.39, 0.29) is 18.6 Å². The highest BCUT2D eigenvalue weighted by Gasteiger charge is 2.42. The minimum Gasteiger partial charge on any atom is -0.394 e. The Morgan fingerprint density at radius 1 is 1.35 bits per heavy atom. The molecule has 0 saturated heterocycles. The zero-order valence-corrected chi connectivity index (χ0v) is 11.5. The molecule has 4 nitrogen and oxygen atoms in total. The second-order valence-corrected chi connectivity index (χ2v) is 5.44. The molecule has 1 aromatic carbocycles. The molecule has 2 N–H and O–H groups in total. The summed E-state index contributed by atoms with van der Waals surface area (Å²) in [5.74, 6) is -0.229. The molecule has 1 amide bonds. The Morgan fingerprint density at radius 3 is 2.55 bits per heavy atom. The summed E-state index contributed by atoms with van der Waals surface area (Å²) in [5, 5.41) is 21.6. The van der Waals surface area contributed by atoms with Gasteiger partial charge in [0.1, 0.15) is 5.41 Å². The van der Waals surface area contributed by atoms with Crippen molar-refractivity contribution < 1.29 is 9.90 Å². The van der Waals surface area contributed by atoms with E-state index in [1.54, 1.807) is 0 Å². The number of carbonyl (C=O) groups excluding carboxylic acids is 1. The summed E-state index contributed by atoms with van der Waals surface area (Å²) in [6.07, 6.45) is 3.66. The molecule has 1 aliphatic rings. The van der Waals surface area contributed by atoms with Crippen molar-refractivity contribution in [3.63, 3.8) is 0 Å². The van der Waals surface area contributed by atoms with E-state index < -0.39 is 5.41 Å². The minimum absolute atomic E-state index is 0.123. The van der Waals surface area contributed by atoms with Crippen molar-refractivity contribution >= 4 is 5.91 Å². The summed E-state index contributed by atoms with van der Waals surface area (Å²) in [6, 6.07) is 11.6. The highest BCUT2D eigenvalue weighted by Crippen LogP contribution is 2.37. The summed E-state index contributed by atoms with van der Waals surface area (Å²) >= 11 is 0. The van der Waals surface area contributed by atoms with Crippen molar-refractivity contribution in [2.45, 2.75) is 38.1 Å². The van der Waals surface area contributed by atoms with Gasteiger partial charge in [0.05, 0.1) is 18.7 Å². The van der Waals surface area contributed by atoms with Gasteiger partial charge in [0, 0.05) is 0 Å². The van der Waals surface area contributed by atoms with Crippen LogP contribution in [0.15, 0.2) is 30.3 Å². The van der Waals surface area contributed by atoms with Crippen LogP contribution in [0.4, 0.5) is 0 Å². The number of nitriles is 1. The first-order valence-corrected chi connectivity index (χ1v) is 7.07. The number of benzene rings is 1. The fourth-order valence-electron chi connectivity index (χ4n) is 2.75. The lowest BCUT2D eigenvalue weighted by molar-refractivity contribution is -0.129. The van der Waals surface area contributed by atoms with Crippen molar-refractivity contribution in [2.24, 2.45) is 5.41 Å². The summed E-state index contributed by atoms with van der Waals surface area (Å²) in [4.78, 5) is 12.3. The SMILES string of the molecule is N#CC1(C(=O)NC(CO)Cc2ccccc2)CCCC1. The van der Waals surface area contributed by atoms with Gasteiger partial charge in [-0.05, 0) is 24.8 Å². The van der Waals surface area contributed by atoms with Gasteiger partial charge >= 0.3 is 0 Å². The molecular weight excluding hydrogens is 252 g/mol. The summed E-state index contributed by atoms with van der Waals surface area (Å²) in [7, 11) is 0. The number of nitrogens with one attached hydrogen (secondary N) is 1. The zero-order valence-electron chi connectivity index (χ0n) is 11.5. The molecule has 0 aliphatic heterocycles. The molecule has 0 bridgehead atoms. The fraction of sp³-hybridized carbons (Fsp3) is 0.500. The third kappa shape index (κ3) is 3.17. The number of aliphatic hydroxyl groups is 1. The number of nitrogens with zero attached hydrogens (tertiary/aromatic N) is 1. The molecule has 2 rings (SSSR count).